The first-order valence-electron chi connectivity index (χ1n) is 5.74. The standard InChI is InChI=1S/C15H9Cl2NO/c16-14(17)13-11-8-4-5-9-12(11)15(19)18(13)10-6-2-1-3-7-10/h1-9H. The lowest BCUT2D eigenvalue weighted by atomic mass is 10.1. The molecule has 2 aromatic carbocycles. The fourth-order valence-electron chi connectivity index (χ4n) is 2.23. The Kier molecular flexibility index (Phi) is 3.05. The number of amides is 1. The second-order valence-corrected chi connectivity index (χ2v) is 5.08. The molecule has 3 rings (SSSR count). The minimum atomic E-state index is -0.115. The molecule has 4 heteroatoms. The molecule has 1 aliphatic rings. The van der Waals surface area contributed by atoms with Gasteiger partial charge in [-0.3, -0.25) is 9.69 Å². The van der Waals surface area contributed by atoms with E-state index in [0.717, 1.165) is 11.3 Å². The van der Waals surface area contributed by atoms with Crippen LogP contribution in [0.2, 0.25) is 0 Å². The van der Waals surface area contributed by atoms with E-state index in [2.05, 4.69) is 0 Å². The third kappa shape index (κ3) is 1.93. The van der Waals surface area contributed by atoms with E-state index < -0.39 is 0 Å². The Morgan fingerprint density at radius 2 is 1.42 bits per heavy atom. The van der Waals surface area contributed by atoms with Crippen molar-refractivity contribution in [1.82, 2.24) is 0 Å². The van der Waals surface area contributed by atoms with Crippen molar-refractivity contribution in [3.63, 3.8) is 0 Å². The molecule has 1 aliphatic heterocycles. The van der Waals surface area contributed by atoms with Crippen LogP contribution in [0.4, 0.5) is 5.69 Å². The van der Waals surface area contributed by atoms with Gasteiger partial charge in [-0.15, -0.1) is 0 Å². The number of hydrogen-bond donors (Lipinski definition) is 0. The number of halogens is 2. The predicted octanol–water partition coefficient (Wildman–Crippen LogP) is 4.45. The fraction of sp³-hybridized carbons (Fsp3) is 0. The van der Waals surface area contributed by atoms with Crippen LogP contribution < -0.4 is 4.90 Å². The van der Waals surface area contributed by atoms with Crippen LogP contribution in [-0.2, 0) is 0 Å². The number of benzene rings is 2. The zero-order valence-corrected chi connectivity index (χ0v) is 11.3. The maximum Gasteiger partial charge on any atom is 0.263 e. The molecule has 0 saturated heterocycles. The van der Waals surface area contributed by atoms with Gasteiger partial charge >= 0.3 is 0 Å². The summed E-state index contributed by atoms with van der Waals surface area (Å²) >= 11 is 11.9. The molecule has 0 bridgehead atoms. The summed E-state index contributed by atoms with van der Waals surface area (Å²) < 4.78 is 0.0853. The van der Waals surface area contributed by atoms with Gasteiger partial charge < -0.3 is 0 Å². The van der Waals surface area contributed by atoms with Crippen molar-refractivity contribution >= 4 is 40.5 Å². The average molecular weight is 290 g/mol. The summed E-state index contributed by atoms with van der Waals surface area (Å²) in [6.45, 7) is 0. The van der Waals surface area contributed by atoms with Crippen LogP contribution in [0, 0.1) is 0 Å². The van der Waals surface area contributed by atoms with E-state index in [1.54, 1.807) is 11.0 Å². The summed E-state index contributed by atoms with van der Waals surface area (Å²) in [4.78, 5) is 14.0. The van der Waals surface area contributed by atoms with Crippen molar-refractivity contribution in [3.05, 3.63) is 70.2 Å². The zero-order valence-electron chi connectivity index (χ0n) is 9.81. The van der Waals surface area contributed by atoms with Gasteiger partial charge in [0.2, 0.25) is 0 Å². The monoisotopic (exact) mass is 289 g/mol. The number of nitrogens with zero attached hydrogens (tertiary/aromatic N) is 1. The van der Waals surface area contributed by atoms with E-state index in [-0.39, 0.29) is 10.4 Å². The van der Waals surface area contributed by atoms with E-state index >= 15 is 0 Å². The summed E-state index contributed by atoms with van der Waals surface area (Å²) in [5.41, 5.74) is 2.66. The molecule has 94 valence electrons. The smallest absolute Gasteiger partial charge is 0.263 e. The van der Waals surface area contributed by atoms with Gasteiger partial charge in [0.05, 0.1) is 5.70 Å². The van der Waals surface area contributed by atoms with Crippen molar-refractivity contribution in [1.29, 1.82) is 0 Å². The Morgan fingerprint density at radius 3 is 2.05 bits per heavy atom. The molecule has 0 unspecified atom stereocenters. The molecule has 2 nitrogen and oxygen atoms in total. The third-order valence-corrected chi connectivity index (χ3v) is 3.39. The lowest BCUT2D eigenvalue weighted by Crippen LogP contribution is -2.22. The van der Waals surface area contributed by atoms with Crippen LogP contribution in [0.15, 0.2) is 59.1 Å². The van der Waals surface area contributed by atoms with Gasteiger partial charge in [0.1, 0.15) is 4.49 Å². The SMILES string of the molecule is O=C1c2ccccc2C(=C(Cl)Cl)N1c1ccccc1. The summed E-state index contributed by atoms with van der Waals surface area (Å²) in [6, 6.07) is 16.6. The molecule has 0 aliphatic carbocycles. The molecule has 2 aromatic rings. The van der Waals surface area contributed by atoms with Crippen LogP contribution in [0.3, 0.4) is 0 Å². The summed E-state index contributed by atoms with van der Waals surface area (Å²) in [5.74, 6) is -0.115. The molecule has 0 N–H and O–H groups in total. The minimum Gasteiger partial charge on any atom is -0.274 e. The number of fused-ring (bicyclic) bond motifs is 1. The largest absolute Gasteiger partial charge is 0.274 e. The van der Waals surface area contributed by atoms with Crippen LogP contribution in [-0.4, -0.2) is 5.91 Å². The Morgan fingerprint density at radius 1 is 0.842 bits per heavy atom. The molecule has 1 amide bonds. The van der Waals surface area contributed by atoms with Gasteiger partial charge in [0.15, 0.2) is 0 Å². The van der Waals surface area contributed by atoms with Gasteiger partial charge in [-0.1, -0.05) is 59.6 Å². The highest BCUT2D eigenvalue weighted by molar-refractivity contribution is 6.59. The molecule has 0 fully saturated rings. The van der Waals surface area contributed by atoms with Crippen molar-refractivity contribution in [3.8, 4) is 0 Å². The number of anilines is 1. The second kappa shape index (κ2) is 4.72. The van der Waals surface area contributed by atoms with E-state index in [0.29, 0.717) is 11.3 Å². The second-order valence-electron chi connectivity index (χ2n) is 4.13. The number of rotatable bonds is 1. The Hall–Kier alpha value is -1.77. The molecule has 0 saturated carbocycles. The normalized spacial score (nSPS) is 13.7. The number of hydrogen-bond acceptors (Lipinski definition) is 1. The van der Waals surface area contributed by atoms with E-state index in [4.69, 9.17) is 23.2 Å². The number of para-hydroxylation sites is 1. The molecule has 0 radical (unpaired) electrons. The quantitative estimate of drug-likeness (QED) is 0.759. The summed E-state index contributed by atoms with van der Waals surface area (Å²) in [7, 11) is 0. The Bertz CT molecular complexity index is 676. The summed E-state index contributed by atoms with van der Waals surface area (Å²) in [6.07, 6.45) is 0. The minimum absolute atomic E-state index is 0.0853. The molecule has 0 aromatic heterocycles. The van der Waals surface area contributed by atoms with Gasteiger partial charge in [0, 0.05) is 16.8 Å². The molecular formula is C15H9Cl2NO. The molecular weight excluding hydrogens is 281 g/mol. The third-order valence-electron chi connectivity index (χ3n) is 3.03. The Balaban J connectivity index is 2.23. The van der Waals surface area contributed by atoms with Crippen LogP contribution in [0.5, 0.6) is 0 Å². The zero-order chi connectivity index (χ0) is 13.4. The van der Waals surface area contributed by atoms with Gasteiger partial charge in [-0.2, -0.15) is 0 Å². The number of carbonyl (C=O) groups is 1. The fourth-order valence-corrected chi connectivity index (χ4v) is 2.60. The first-order valence-corrected chi connectivity index (χ1v) is 6.50. The van der Waals surface area contributed by atoms with Crippen LogP contribution >= 0.6 is 23.2 Å². The van der Waals surface area contributed by atoms with E-state index in [1.165, 1.54) is 0 Å². The maximum absolute atomic E-state index is 12.5. The van der Waals surface area contributed by atoms with Crippen molar-refractivity contribution in [2.45, 2.75) is 0 Å². The first kappa shape index (κ1) is 12.3. The van der Waals surface area contributed by atoms with Gasteiger partial charge in [-0.05, 0) is 18.2 Å². The lowest BCUT2D eigenvalue weighted by molar-refractivity contribution is 0.101. The Labute approximate surface area is 120 Å². The van der Waals surface area contributed by atoms with E-state index in [9.17, 15) is 4.79 Å². The molecule has 1 heterocycles. The first-order chi connectivity index (χ1) is 9.20. The van der Waals surface area contributed by atoms with Crippen LogP contribution in [0.25, 0.3) is 5.70 Å². The summed E-state index contributed by atoms with van der Waals surface area (Å²) in [5, 5.41) is 0. The van der Waals surface area contributed by atoms with E-state index in [1.807, 2.05) is 48.5 Å². The highest BCUT2D eigenvalue weighted by atomic mass is 35.5. The van der Waals surface area contributed by atoms with Crippen LogP contribution in [0.1, 0.15) is 15.9 Å². The average Bonchev–Trinajstić information content (AvgIpc) is 2.74. The maximum atomic E-state index is 12.5. The number of carbonyl (C=O) groups excluding carboxylic acids is 1. The van der Waals surface area contributed by atoms with Crippen molar-refractivity contribution in [2.24, 2.45) is 0 Å². The highest BCUT2D eigenvalue weighted by Crippen LogP contribution is 2.40. The highest BCUT2D eigenvalue weighted by Gasteiger charge is 2.34. The topological polar surface area (TPSA) is 20.3 Å². The van der Waals surface area contributed by atoms with Gasteiger partial charge in [0.25, 0.3) is 5.91 Å². The van der Waals surface area contributed by atoms with Crippen molar-refractivity contribution < 1.29 is 4.79 Å². The van der Waals surface area contributed by atoms with Gasteiger partial charge in [-0.25, -0.2) is 0 Å². The molecule has 19 heavy (non-hydrogen) atoms. The predicted molar refractivity (Wildman–Crippen MR) is 78.3 cm³/mol. The van der Waals surface area contributed by atoms with Crippen molar-refractivity contribution in [2.75, 3.05) is 4.90 Å². The molecule has 0 spiro atoms. The lowest BCUT2D eigenvalue weighted by Gasteiger charge is -2.18. The molecule has 0 atom stereocenters.